The van der Waals surface area contributed by atoms with E-state index in [0.717, 1.165) is 0 Å². The molecule has 0 heterocycles. The molecule has 0 radical (unpaired) electrons. The quantitative estimate of drug-likeness (QED) is 0.369. The highest BCUT2D eigenvalue weighted by atomic mass is 35.7. The first kappa shape index (κ1) is 15.4. The van der Waals surface area contributed by atoms with E-state index in [0.29, 0.717) is 6.07 Å². The molecule has 0 bridgehead atoms. The smallest absolute Gasteiger partial charge is 0.398 e. The third-order valence-electron chi connectivity index (χ3n) is 1.71. The summed E-state index contributed by atoms with van der Waals surface area (Å²) < 4.78 is 74.3. The summed E-state index contributed by atoms with van der Waals surface area (Å²) in [6.07, 6.45) is -5.31. The minimum atomic E-state index is -5.31. The van der Waals surface area contributed by atoms with Gasteiger partial charge in [-0.2, -0.15) is 4.39 Å². The van der Waals surface area contributed by atoms with Crippen LogP contribution in [0.3, 0.4) is 0 Å². The summed E-state index contributed by atoms with van der Waals surface area (Å²) in [4.78, 5) is 7.61. The van der Waals surface area contributed by atoms with Gasteiger partial charge in [0.15, 0.2) is 0 Å². The van der Waals surface area contributed by atoms with Gasteiger partial charge in [-0.25, -0.2) is 8.42 Å². The molecule has 1 rings (SSSR count). The van der Waals surface area contributed by atoms with E-state index < -0.39 is 42.5 Å². The molecule has 0 spiro atoms. The van der Waals surface area contributed by atoms with E-state index >= 15 is 0 Å². The molecule has 19 heavy (non-hydrogen) atoms. The van der Waals surface area contributed by atoms with Crippen molar-refractivity contribution in [3.05, 3.63) is 28.1 Å². The van der Waals surface area contributed by atoms with Crippen LogP contribution in [0.15, 0.2) is 17.0 Å². The average Bonchev–Trinajstić information content (AvgIpc) is 2.11. The second-order valence-corrected chi connectivity index (χ2v) is 5.50. The summed E-state index contributed by atoms with van der Waals surface area (Å²) >= 11 is 0. The van der Waals surface area contributed by atoms with Gasteiger partial charge in [-0.05, 0) is 12.1 Å². The van der Waals surface area contributed by atoms with E-state index in [1.807, 2.05) is 0 Å². The van der Waals surface area contributed by atoms with Crippen LogP contribution in [-0.4, -0.2) is 19.7 Å². The van der Waals surface area contributed by atoms with Crippen molar-refractivity contribution in [2.75, 3.05) is 0 Å². The Morgan fingerprint density at radius 2 is 1.84 bits per heavy atom. The van der Waals surface area contributed by atoms with Crippen LogP contribution in [0.2, 0.25) is 0 Å². The Labute approximate surface area is 107 Å². The van der Waals surface area contributed by atoms with Gasteiger partial charge < -0.3 is 4.74 Å². The lowest BCUT2D eigenvalue weighted by atomic mass is 10.3. The molecule has 0 aliphatic carbocycles. The second-order valence-electron chi connectivity index (χ2n) is 2.97. The van der Waals surface area contributed by atoms with Gasteiger partial charge in [-0.1, -0.05) is 0 Å². The summed E-state index contributed by atoms with van der Waals surface area (Å²) in [7, 11) is 0.0785. The first-order valence-electron chi connectivity index (χ1n) is 4.11. The van der Waals surface area contributed by atoms with E-state index in [2.05, 4.69) is 4.74 Å². The highest BCUT2D eigenvalue weighted by Crippen LogP contribution is 2.37. The molecular formula is C7H2ClF4NO5S. The van der Waals surface area contributed by atoms with Gasteiger partial charge in [0.2, 0.25) is 11.6 Å². The number of benzene rings is 1. The summed E-state index contributed by atoms with van der Waals surface area (Å²) in [6, 6.07) is 0.607. The van der Waals surface area contributed by atoms with Crippen LogP contribution in [0.25, 0.3) is 0 Å². The van der Waals surface area contributed by atoms with Crippen molar-refractivity contribution in [1.29, 1.82) is 0 Å². The number of rotatable bonds is 3. The van der Waals surface area contributed by atoms with Gasteiger partial charge in [0.25, 0.3) is 9.05 Å². The van der Waals surface area contributed by atoms with Crippen molar-refractivity contribution < 1.29 is 35.6 Å². The molecule has 0 aromatic heterocycles. The third kappa shape index (κ3) is 3.67. The van der Waals surface area contributed by atoms with E-state index in [1.54, 1.807) is 0 Å². The maximum absolute atomic E-state index is 13.5. The number of hydrogen-bond acceptors (Lipinski definition) is 5. The Morgan fingerprint density at radius 3 is 2.21 bits per heavy atom. The van der Waals surface area contributed by atoms with Crippen molar-refractivity contribution in [2.45, 2.75) is 11.3 Å². The van der Waals surface area contributed by atoms with Crippen LogP contribution in [0.5, 0.6) is 5.75 Å². The zero-order valence-electron chi connectivity index (χ0n) is 8.44. The maximum atomic E-state index is 13.5. The SMILES string of the molecule is O=[N+]([O-])c1c(OC(F)(F)F)ccc(S(=O)(=O)Cl)c1F. The first-order chi connectivity index (χ1) is 8.43. The molecule has 0 unspecified atom stereocenters. The zero-order chi connectivity index (χ0) is 15.0. The van der Waals surface area contributed by atoms with Gasteiger partial charge in [0.1, 0.15) is 4.90 Å². The van der Waals surface area contributed by atoms with E-state index in [9.17, 15) is 36.1 Å². The molecule has 0 aliphatic heterocycles. The fourth-order valence-corrected chi connectivity index (χ4v) is 1.99. The number of nitrogens with zero attached hydrogens (tertiary/aromatic N) is 1. The Kier molecular flexibility index (Phi) is 3.91. The predicted molar refractivity (Wildman–Crippen MR) is 52.8 cm³/mol. The van der Waals surface area contributed by atoms with Gasteiger partial charge in [-0.15, -0.1) is 13.2 Å². The molecule has 0 atom stereocenters. The number of nitro groups is 1. The van der Waals surface area contributed by atoms with Crippen LogP contribution < -0.4 is 4.74 Å². The largest absolute Gasteiger partial charge is 0.573 e. The highest BCUT2D eigenvalue weighted by molar-refractivity contribution is 8.13. The summed E-state index contributed by atoms with van der Waals surface area (Å²) in [5.74, 6) is -3.53. The van der Waals surface area contributed by atoms with Crippen LogP contribution >= 0.6 is 10.7 Å². The fraction of sp³-hybridized carbons (Fsp3) is 0.143. The third-order valence-corrected chi connectivity index (χ3v) is 3.05. The van der Waals surface area contributed by atoms with Gasteiger partial charge >= 0.3 is 12.0 Å². The number of ether oxygens (including phenoxy) is 1. The van der Waals surface area contributed by atoms with Gasteiger partial charge in [0.05, 0.1) is 4.92 Å². The Bertz CT molecular complexity index is 629. The monoisotopic (exact) mass is 323 g/mol. The molecule has 0 aliphatic rings. The number of alkyl halides is 3. The zero-order valence-corrected chi connectivity index (χ0v) is 10.0. The Morgan fingerprint density at radius 1 is 1.32 bits per heavy atom. The van der Waals surface area contributed by atoms with E-state index in [1.165, 1.54) is 0 Å². The Balaban J connectivity index is 3.54. The molecule has 0 saturated heterocycles. The maximum Gasteiger partial charge on any atom is 0.573 e. The van der Waals surface area contributed by atoms with Crippen LogP contribution in [-0.2, 0) is 9.05 Å². The van der Waals surface area contributed by atoms with Crippen molar-refractivity contribution >= 4 is 25.4 Å². The lowest BCUT2D eigenvalue weighted by Gasteiger charge is -2.10. The minimum absolute atomic E-state index is 0.282. The van der Waals surface area contributed by atoms with Crippen molar-refractivity contribution in [2.24, 2.45) is 0 Å². The van der Waals surface area contributed by atoms with Crippen LogP contribution in [0.4, 0.5) is 23.2 Å². The minimum Gasteiger partial charge on any atom is -0.398 e. The number of nitro benzene ring substituents is 1. The first-order valence-corrected chi connectivity index (χ1v) is 6.41. The molecule has 0 amide bonds. The number of hydrogen-bond donors (Lipinski definition) is 0. The molecular weight excluding hydrogens is 322 g/mol. The average molecular weight is 324 g/mol. The summed E-state index contributed by atoms with van der Waals surface area (Å²) in [5.41, 5.74) is -1.78. The lowest BCUT2D eigenvalue weighted by Crippen LogP contribution is -2.18. The summed E-state index contributed by atoms with van der Waals surface area (Å²) in [5, 5.41) is 10.5. The van der Waals surface area contributed by atoms with Crippen LogP contribution in [0, 0.1) is 15.9 Å². The highest BCUT2D eigenvalue weighted by Gasteiger charge is 2.37. The fourth-order valence-electron chi connectivity index (χ4n) is 1.09. The summed E-state index contributed by atoms with van der Waals surface area (Å²) in [6.45, 7) is 0. The van der Waals surface area contributed by atoms with E-state index in [-0.39, 0.29) is 6.07 Å². The molecule has 1 aromatic rings. The van der Waals surface area contributed by atoms with Crippen molar-refractivity contribution in [1.82, 2.24) is 0 Å². The van der Waals surface area contributed by atoms with Gasteiger partial charge in [0, 0.05) is 10.7 Å². The van der Waals surface area contributed by atoms with E-state index in [4.69, 9.17) is 10.7 Å². The predicted octanol–water partition coefficient (Wildman–Crippen LogP) is 2.56. The molecule has 0 N–H and O–H groups in total. The molecule has 106 valence electrons. The topological polar surface area (TPSA) is 86.5 Å². The molecule has 6 nitrogen and oxygen atoms in total. The lowest BCUT2D eigenvalue weighted by molar-refractivity contribution is -0.391. The molecule has 0 fully saturated rings. The standard InChI is InChI=1S/C7H2ClF4NO5S/c8-19(16,17)4-2-1-3(18-7(10,11)12)6(5(4)9)13(14)15/h1-2H. The van der Waals surface area contributed by atoms with Crippen molar-refractivity contribution in [3.8, 4) is 5.75 Å². The van der Waals surface area contributed by atoms with Crippen molar-refractivity contribution in [3.63, 3.8) is 0 Å². The molecule has 0 saturated carbocycles. The normalized spacial score (nSPS) is 12.3. The van der Waals surface area contributed by atoms with Crippen LogP contribution in [0.1, 0.15) is 0 Å². The molecule has 12 heteroatoms. The molecule has 1 aromatic carbocycles. The van der Waals surface area contributed by atoms with Gasteiger partial charge in [-0.3, -0.25) is 10.1 Å². The Hall–Kier alpha value is -1.62. The second kappa shape index (κ2) is 4.81. The number of halogens is 5.